The van der Waals surface area contributed by atoms with Gasteiger partial charge in [-0.1, -0.05) is 255 Å². The largest absolute Gasteiger partial charge is 0.311 e. The van der Waals surface area contributed by atoms with Crippen molar-refractivity contribution >= 4 is 38.8 Å². The first-order chi connectivity index (χ1) is 39.2. The number of hydrogen-bond donors (Lipinski definition) is 0. The first kappa shape index (κ1) is 51.3. The SMILES string of the molecule is C=C(/C=C\C(C)=C/C)N(c1ccc(-c2ccccc2)cc1)c1ccc2c(c1)c1ccccc1n2-c1ccc(C)cc1.CC1CC=CC2=C1c1ccccc1C21c2ccccc2-c2ccccc21.Cc1ccc(-c2ccccc2)cc1. The lowest BCUT2D eigenvalue weighted by Gasteiger charge is -2.32. The molecule has 0 amide bonds. The molecule has 1 heterocycles. The number of rotatable bonds is 8. The van der Waals surface area contributed by atoms with Crippen LogP contribution in [0, 0.1) is 19.8 Å². The topological polar surface area (TPSA) is 8.17 Å². The number of anilines is 2. The van der Waals surface area contributed by atoms with Gasteiger partial charge in [-0.15, -0.1) is 0 Å². The predicted octanol–water partition coefficient (Wildman–Crippen LogP) is 21.0. The van der Waals surface area contributed by atoms with E-state index >= 15 is 0 Å². The molecule has 0 N–H and O–H groups in total. The van der Waals surface area contributed by atoms with Gasteiger partial charge in [-0.3, -0.25) is 0 Å². The van der Waals surface area contributed by atoms with Crippen LogP contribution >= 0.6 is 0 Å². The van der Waals surface area contributed by atoms with E-state index in [1.54, 1.807) is 5.57 Å². The van der Waals surface area contributed by atoms with Gasteiger partial charge in [0.2, 0.25) is 0 Å². The molecule has 388 valence electrons. The molecule has 80 heavy (non-hydrogen) atoms. The van der Waals surface area contributed by atoms with Gasteiger partial charge in [-0.05, 0) is 161 Å². The van der Waals surface area contributed by atoms with Crippen molar-refractivity contribution in [1.29, 1.82) is 0 Å². The van der Waals surface area contributed by atoms with Crippen LogP contribution in [0.25, 0.3) is 66.4 Å². The summed E-state index contributed by atoms with van der Waals surface area (Å²) in [6.07, 6.45) is 12.2. The van der Waals surface area contributed by atoms with E-state index in [0.717, 1.165) is 29.2 Å². The Kier molecular flexibility index (Phi) is 14.2. The Morgan fingerprint density at radius 1 is 0.500 bits per heavy atom. The minimum absolute atomic E-state index is 0.149. The first-order valence-corrected chi connectivity index (χ1v) is 28.1. The molecule has 3 aliphatic rings. The van der Waals surface area contributed by atoms with E-state index < -0.39 is 0 Å². The molecule has 0 aliphatic heterocycles. The van der Waals surface area contributed by atoms with Gasteiger partial charge in [0.15, 0.2) is 0 Å². The zero-order valence-electron chi connectivity index (χ0n) is 46.4. The molecule has 1 spiro atoms. The molecule has 0 saturated heterocycles. The molecular formula is C78H66N2. The highest BCUT2D eigenvalue weighted by Crippen LogP contribution is 2.63. The highest BCUT2D eigenvalue weighted by atomic mass is 15.1. The van der Waals surface area contributed by atoms with Crippen molar-refractivity contribution in [1.82, 2.24) is 4.57 Å². The summed E-state index contributed by atoms with van der Waals surface area (Å²) in [7, 11) is 0. The van der Waals surface area contributed by atoms with Crippen LogP contribution in [0.3, 0.4) is 0 Å². The van der Waals surface area contributed by atoms with Crippen LogP contribution in [0.5, 0.6) is 0 Å². The molecule has 11 aromatic rings. The molecule has 0 radical (unpaired) electrons. The van der Waals surface area contributed by atoms with Gasteiger partial charge < -0.3 is 9.47 Å². The maximum atomic E-state index is 4.50. The lowest BCUT2D eigenvalue weighted by Crippen LogP contribution is -2.27. The smallest absolute Gasteiger partial charge is 0.0722 e. The third kappa shape index (κ3) is 9.37. The van der Waals surface area contributed by atoms with Gasteiger partial charge in [-0.2, -0.15) is 0 Å². The Labute approximate surface area is 473 Å². The number of fused-ring (bicyclic) bond motifs is 12. The van der Waals surface area contributed by atoms with Crippen molar-refractivity contribution in [2.75, 3.05) is 4.90 Å². The molecule has 0 bridgehead atoms. The number of allylic oxidation sites excluding steroid dienone is 8. The van der Waals surface area contributed by atoms with Crippen LogP contribution in [0.4, 0.5) is 11.4 Å². The summed E-state index contributed by atoms with van der Waals surface area (Å²) < 4.78 is 2.36. The molecule has 0 saturated carbocycles. The zero-order chi connectivity index (χ0) is 54.7. The summed E-state index contributed by atoms with van der Waals surface area (Å²) in [5.41, 5.74) is 26.8. The molecule has 1 unspecified atom stereocenters. The highest BCUT2D eigenvalue weighted by Gasteiger charge is 2.52. The molecule has 2 nitrogen and oxygen atoms in total. The van der Waals surface area contributed by atoms with E-state index in [-0.39, 0.29) is 5.41 Å². The second-order valence-electron chi connectivity index (χ2n) is 21.5. The Bertz CT molecular complexity index is 4140. The highest BCUT2D eigenvalue weighted by molar-refractivity contribution is 6.10. The average molecular weight is 1030 g/mol. The summed E-state index contributed by atoms with van der Waals surface area (Å²) in [5, 5.41) is 2.45. The maximum absolute atomic E-state index is 4.50. The lowest BCUT2D eigenvalue weighted by atomic mass is 9.68. The first-order valence-electron chi connectivity index (χ1n) is 28.1. The van der Waals surface area contributed by atoms with E-state index in [0.29, 0.717) is 5.92 Å². The molecule has 14 rings (SSSR count). The van der Waals surface area contributed by atoms with Crippen LogP contribution in [-0.2, 0) is 5.41 Å². The fraction of sp³-hybridized carbons (Fsp3) is 0.103. The Morgan fingerprint density at radius 3 is 1.57 bits per heavy atom. The van der Waals surface area contributed by atoms with Crippen LogP contribution in [-0.4, -0.2) is 4.57 Å². The summed E-state index contributed by atoms with van der Waals surface area (Å²) in [6, 6.07) is 89.5. The summed E-state index contributed by atoms with van der Waals surface area (Å²) >= 11 is 0. The van der Waals surface area contributed by atoms with E-state index in [9.17, 15) is 0 Å². The lowest BCUT2D eigenvalue weighted by molar-refractivity contribution is 0.731. The van der Waals surface area contributed by atoms with Crippen LogP contribution in [0.15, 0.2) is 303 Å². The van der Waals surface area contributed by atoms with Gasteiger partial charge >= 0.3 is 0 Å². The second-order valence-corrected chi connectivity index (χ2v) is 21.5. The summed E-state index contributed by atoms with van der Waals surface area (Å²) in [4.78, 5) is 2.24. The fourth-order valence-corrected chi connectivity index (χ4v) is 12.4. The van der Waals surface area contributed by atoms with Gasteiger partial charge in [0.25, 0.3) is 0 Å². The Morgan fingerprint density at radius 2 is 0.975 bits per heavy atom. The fourth-order valence-electron chi connectivity index (χ4n) is 12.4. The van der Waals surface area contributed by atoms with E-state index in [4.69, 9.17) is 0 Å². The number of para-hydroxylation sites is 1. The third-order valence-electron chi connectivity index (χ3n) is 16.4. The Hall–Kier alpha value is -9.50. The number of benzene rings is 10. The van der Waals surface area contributed by atoms with Crippen molar-refractivity contribution in [2.24, 2.45) is 5.92 Å². The van der Waals surface area contributed by atoms with Crippen molar-refractivity contribution < 1.29 is 0 Å². The third-order valence-corrected chi connectivity index (χ3v) is 16.4. The molecule has 3 aliphatic carbocycles. The minimum Gasteiger partial charge on any atom is -0.311 e. The van der Waals surface area contributed by atoms with Gasteiger partial charge in [0.05, 0.1) is 16.4 Å². The molecule has 0 fully saturated rings. The molecule has 10 aromatic carbocycles. The van der Waals surface area contributed by atoms with Crippen molar-refractivity contribution in [3.63, 3.8) is 0 Å². The molecule has 2 heteroatoms. The monoisotopic (exact) mass is 1030 g/mol. The van der Waals surface area contributed by atoms with Crippen molar-refractivity contribution in [2.45, 2.75) is 46.5 Å². The Balaban J connectivity index is 0.000000137. The van der Waals surface area contributed by atoms with Crippen molar-refractivity contribution in [3.8, 4) is 39.1 Å². The molecular weight excluding hydrogens is 965 g/mol. The van der Waals surface area contributed by atoms with E-state index in [1.807, 2.05) is 6.07 Å². The molecule has 1 atom stereocenters. The zero-order valence-corrected chi connectivity index (χ0v) is 46.4. The van der Waals surface area contributed by atoms with Crippen LogP contribution in [0.1, 0.15) is 60.6 Å². The number of aromatic nitrogens is 1. The van der Waals surface area contributed by atoms with Crippen molar-refractivity contribution in [3.05, 3.63) is 336 Å². The van der Waals surface area contributed by atoms with E-state index in [1.165, 1.54) is 99.7 Å². The summed E-state index contributed by atoms with van der Waals surface area (Å²) in [5.74, 6) is 0.565. The quantitative estimate of drug-likeness (QED) is 0.138. The van der Waals surface area contributed by atoms with Gasteiger partial charge in [0, 0.05) is 33.5 Å². The molecule has 1 aromatic heterocycles. The van der Waals surface area contributed by atoms with Gasteiger partial charge in [-0.25, -0.2) is 0 Å². The predicted molar refractivity (Wildman–Crippen MR) is 342 cm³/mol. The normalized spacial score (nSPS) is 14.5. The number of nitrogens with zero attached hydrogens (tertiary/aromatic N) is 2. The number of hydrogen-bond acceptors (Lipinski definition) is 1. The van der Waals surface area contributed by atoms with Crippen LogP contribution in [0.2, 0.25) is 0 Å². The minimum atomic E-state index is -0.149. The standard InChI is InChI=1S/C39H34N2.C26H20.C13H12/c1-5-28(2)15-18-30(4)40(33-23-19-32(20-24-33)31-11-7-6-8-12-31)35-25-26-39-37(27-35)36-13-9-10-14-38(36)41(39)34-21-16-29(3)17-22-34;1-17-9-8-16-24-25(17)20-12-4-7-15-23(20)26(24)21-13-5-2-10-18(21)19-11-3-6-14-22(19)26;1-11-7-9-13(10-8-11)12-5-3-2-4-6-12/h5-27H,4H2,1-3H3;2-8,10-17H,9H2,1H3;2-10H,1H3/b18-15-,28-5-;;. The summed E-state index contributed by atoms with van der Waals surface area (Å²) in [6.45, 7) is 15.3. The van der Waals surface area contributed by atoms with Crippen LogP contribution < -0.4 is 4.90 Å². The van der Waals surface area contributed by atoms with E-state index in [2.05, 4.69) is 324 Å². The number of aryl methyl sites for hydroxylation is 2. The second kappa shape index (κ2) is 22.1. The maximum Gasteiger partial charge on any atom is 0.0722 e. The van der Waals surface area contributed by atoms with Gasteiger partial charge in [0.1, 0.15) is 0 Å². The average Bonchev–Trinajstić information content (AvgIpc) is 4.33.